The molecule has 0 radical (unpaired) electrons. The third-order valence-electron chi connectivity index (χ3n) is 9.35. The lowest BCUT2D eigenvalue weighted by Crippen LogP contribution is -2.47. The molecule has 4 N–H and O–H groups in total. The highest BCUT2D eigenvalue weighted by molar-refractivity contribution is 7.89. The van der Waals surface area contributed by atoms with Crippen LogP contribution in [0.25, 0.3) is 0 Å². The van der Waals surface area contributed by atoms with E-state index in [9.17, 15) is 27.0 Å². The summed E-state index contributed by atoms with van der Waals surface area (Å²) in [5, 5.41) is 23.9. The summed E-state index contributed by atoms with van der Waals surface area (Å²) in [6.07, 6.45) is 3.55. The molecule has 254 valence electrons. The van der Waals surface area contributed by atoms with Crippen LogP contribution in [0.2, 0.25) is 0 Å². The van der Waals surface area contributed by atoms with Crippen molar-refractivity contribution in [2.75, 3.05) is 57.9 Å². The first-order chi connectivity index (χ1) is 21.9. The number of likely N-dealkylation sites (N-methyl/N-ethyl adjacent to an activating group) is 1. The maximum atomic E-state index is 13.4. The van der Waals surface area contributed by atoms with Crippen molar-refractivity contribution < 1.29 is 41.3 Å². The lowest BCUT2D eigenvalue weighted by Gasteiger charge is -2.38. The van der Waals surface area contributed by atoms with Crippen molar-refractivity contribution in [3.63, 3.8) is 0 Å². The Morgan fingerprint density at radius 3 is 2.70 bits per heavy atom. The van der Waals surface area contributed by atoms with Crippen molar-refractivity contribution in [3.05, 3.63) is 36.5 Å². The summed E-state index contributed by atoms with van der Waals surface area (Å²) in [7, 11) is -5.67. The molecule has 3 aliphatic heterocycles. The van der Waals surface area contributed by atoms with Crippen molar-refractivity contribution in [1.29, 1.82) is 0 Å². The van der Waals surface area contributed by atoms with Gasteiger partial charge in [-0.1, -0.05) is 6.07 Å². The van der Waals surface area contributed by atoms with E-state index < -0.39 is 43.9 Å². The van der Waals surface area contributed by atoms with Gasteiger partial charge >= 0.3 is 0 Å². The Morgan fingerprint density at radius 1 is 1.13 bits per heavy atom. The van der Waals surface area contributed by atoms with Gasteiger partial charge < -0.3 is 34.6 Å². The Bertz CT molecular complexity index is 1600. The molecule has 6 rings (SSSR count). The summed E-state index contributed by atoms with van der Waals surface area (Å²) in [4.78, 5) is 6.36. The van der Waals surface area contributed by atoms with Gasteiger partial charge in [0.2, 0.25) is 25.9 Å². The Labute approximate surface area is 270 Å². The van der Waals surface area contributed by atoms with Crippen molar-refractivity contribution in [2.24, 2.45) is 0 Å². The fourth-order valence-corrected chi connectivity index (χ4v) is 9.33. The van der Waals surface area contributed by atoms with E-state index in [0.717, 1.165) is 6.42 Å². The average Bonchev–Trinajstić information content (AvgIpc) is 3.64. The molecule has 1 saturated carbocycles. The molecule has 0 amide bonds. The normalized spacial score (nSPS) is 25.7. The molecule has 1 aliphatic carbocycles. The molecule has 14 nitrogen and oxygen atoms in total. The summed E-state index contributed by atoms with van der Waals surface area (Å²) in [5.41, 5.74) is 0.234. The second kappa shape index (κ2) is 13.5. The quantitative estimate of drug-likeness (QED) is 0.258. The van der Waals surface area contributed by atoms with E-state index in [1.807, 2.05) is 11.9 Å². The van der Waals surface area contributed by atoms with Crippen LogP contribution in [0.5, 0.6) is 11.6 Å². The number of nitrogens with zero attached hydrogens (tertiary/aromatic N) is 3. The molecule has 1 spiro atoms. The fourth-order valence-electron chi connectivity index (χ4n) is 6.59. The zero-order chi connectivity index (χ0) is 32.5. The van der Waals surface area contributed by atoms with Crippen molar-refractivity contribution in [3.8, 4) is 11.6 Å². The highest BCUT2D eigenvalue weighted by Crippen LogP contribution is 2.38. The van der Waals surface area contributed by atoms with Crippen LogP contribution in [0.3, 0.4) is 0 Å². The molecule has 3 fully saturated rings. The third kappa shape index (κ3) is 7.28. The highest BCUT2D eigenvalue weighted by atomic mass is 32.2. The van der Waals surface area contributed by atoms with E-state index in [1.165, 1.54) is 22.6 Å². The summed E-state index contributed by atoms with van der Waals surface area (Å²) in [6.45, 7) is 2.48. The largest absolute Gasteiger partial charge is 0.491 e. The van der Waals surface area contributed by atoms with Gasteiger partial charge in [-0.15, -0.1) is 0 Å². The number of pyridine rings is 1. The van der Waals surface area contributed by atoms with Gasteiger partial charge in [0.15, 0.2) is 0 Å². The topological polar surface area (TPSA) is 180 Å². The summed E-state index contributed by atoms with van der Waals surface area (Å²) >= 11 is 0. The number of anilines is 1. The molecule has 16 heteroatoms. The summed E-state index contributed by atoms with van der Waals surface area (Å²) < 4.78 is 74.0. The van der Waals surface area contributed by atoms with Crippen molar-refractivity contribution in [2.45, 2.75) is 78.2 Å². The van der Waals surface area contributed by atoms with Gasteiger partial charge in [-0.2, -0.15) is 4.31 Å². The van der Waals surface area contributed by atoms with Crippen LogP contribution < -0.4 is 24.4 Å². The SMILES string of the molecule is CN1CCOc2ncc(S(=O)(=O)N3CCC4(CC3)C[C@@H](NCC(O)COc3cccc(S(=O)(=O)N[C@@H]5CCC[C@@H]5O)c3)CO4)cc21. The molecule has 1 aromatic carbocycles. The predicted octanol–water partition coefficient (Wildman–Crippen LogP) is 0.444. The number of hydrogen-bond donors (Lipinski definition) is 4. The van der Waals surface area contributed by atoms with Gasteiger partial charge in [-0.3, -0.25) is 0 Å². The van der Waals surface area contributed by atoms with E-state index in [4.69, 9.17) is 14.2 Å². The minimum Gasteiger partial charge on any atom is -0.491 e. The molecule has 46 heavy (non-hydrogen) atoms. The number of benzene rings is 1. The first-order valence-corrected chi connectivity index (χ1v) is 18.7. The van der Waals surface area contributed by atoms with E-state index in [0.29, 0.717) is 82.3 Å². The maximum absolute atomic E-state index is 13.4. The Kier molecular flexibility index (Phi) is 9.79. The fraction of sp³-hybridized carbons (Fsp3) is 0.633. The standard InChI is InChI=1S/C30H43N5O9S2/c1-34-12-13-42-29-27(34)15-25(18-32-29)46(40,41)35-10-8-30(9-11-35)16-21(19-44-30)31-17-22(36)20-43-23-4-2-5-24(14-23)45(38,39)33-26-6-3-7-28(26)37/h2,4-5,14-15,18,21-22,26,28,31,33,36-37H,3,6-13,16-17,19-20H2,1H3/t21-,22?,26-,28+/m1/s1. The van der Waals surface area contributed by atoms with Gasteiger partial charge in [0.1, 0.15) is 35.7 Å². The summed E-state index contributed by atoms with van der Waals surface area (Å²) in [5.74, 6) is 0.749. The van der Waals surface area contributed by atoms with Crippen molar-refractivity contribution in [1.82, 2.24) is 19.3 Å². The van der Waals surface area contributed by atoms with Crippen LogP contribution in [0.15, 0.2) is 46.3 Å². The molecular formula is C30H43N5O9S2. The molecule has 4 heterocycles. The maximum Gasteiger partial charge on any atom is 0.244 e. The van der Waals surface area contributed by atoms with Gasteiger partial charge in [0, 0.05) is 44.8 Å². The Balaban J connectivity index is 0.954. The smallest absolute Gasteiger partial charge is 0.244 e. The second-order valence-electron chi connectivity index (χ2n) is 12.6. The van der Waals surface area contributed by atoms with Crippen LogP contribution in [0, 0.1) is 0 Å². The van der Waals surface area contributed by atoms with Gasteiger partial charge in [-0.25, -0.2) is 26.5 Å². The number of hydrogen-bond acceptors (Lipinski definition) is 12. The minimum absolute atomic E-state index is 0.0105. The predicted molar refractivity (Wildman–Crippen MR) is 168 cm³/mol. The van der Waals surface area contributed by atoms with E-state index in [2.05, 4.69) is 15.0 Å². The van der Waals surface area contributed by atoms with Crippen LogP contribution in [0.4, 0.5) is 5.69 Å². The zero-order valence-corrected chi connectivity index (χ0v) is 27.5. The number of aromatic nitrogens is 1. The van der Waals surface area contributed by atoms with Crippen LogP contribution in [-0.2, 0) is 24.8 Å². The van der Waals surface area contributed by atoms with Crippen LogP contribution >= 0.6 is 0 Å². The third-order valence-corrected chi connectivity index (χ3v) is 12.7. The lowest BCUT2D eigenvalue weighted by molar-refractivity contribution is -0.0312. The summed E-state index contributed by atoms with van der Waals surface area (Å²) in [6, 6.07) is 7.17. The molecule has 2 aromatic rings. The first-order valence-electron chi connectivity index (χ1n) is 15.8. The van der Waals surface area contributed by atoms with E-state index in [1.54, 1.807) is 18.2 Å². The molecule has 0 bridgehead atoms. The Morgan fingerprint density at radius 2 is 1.93 bits per heavy atom. The number of fused-ring (bicyclic) bond motifs is 1. The molecule has 4 atom stereocenters. The van der Waals surface area contributed by atoms with Gasteiger partial charge in [0.05, 0.1) is 35.9 Å². The number of piperidine rings is 1. The number of nitrogens with one attached hydrogen (secondary N) is 2. The minimum atomic E-state index is -3.83. The highest BCUT2D eigenvalue weighted by Gasteiger charge is 2.45. The van der Waals surface area contributed by atoms with E-state index in [-0.39, 0.29) is 29.0 Å². The lowest BCUT2D eigenvalue weighted by atomic mass is 9.88. The van der Waals surface area contributed by atoms with Crippen LogP contribution in [0.1, 0.15) is 38.5 Å². The van der Waals surface area contributed by atoms with Crippen molar-refractivity contribution >= 4 is 25.7 Å². The molecule has 1 aromatic heterocycles. The Hall–Kier alpha value is -2.57. The number of aliphatic hydroxyl groups excluding tert-OH is 2. The number of rotatable bonds is 11. The van der Waals surface area contributed by atoms with E-state index >= 15 is 0 Å². The molecule has 4 aliphatic rings. The first kappa shape index (κ1) is 33.3. The molecule has 2 saturated heterocycles. The second-order valence-corrected chi connectivity index (χ2v) is 16.3. The van der Waals surface area contributed by atoms with Gasteiger partial charge in [0.25, 0.3) is 0 Å². The average molecular weight is 682 g/mol. The number of aliphatic hydroxyl groups is 2. The monoisotopic (exact) mass is 681 g/mol. The number of ether oxygens (including phenoxy) is 3. The number of sulfonamides is 2. The molecular weight excluding hydrogens is 638 g/mol. The van der Waals surface area contributed by atoms with Gasteiger partial charge in [-0.05, 0) is 56.7 Å². The molecule has 1 unspecified atom stereocenters. The van der Waals surface area contributed by atoms with Crippen LogP contribution in [-0.4, -0.2) is 119 Å². The zero-order valence-electron chi connectivity index (χ0n) is 25.9.